The second-order valence-electron chi connectivity index (χ2n) is 4.52. The Hall–Kier alpha value is -1.16. The summed E-state index contributed by atoms with van der Waals surface area (Å²) >= 11 is 1.89. The van der Waals surface area contributed by atoms with Crippen LogP contribution < -0.4 is 5.32 Å². The van der Waals surface area contributed by atoms with Crippen molar-refractivity contribution in [2.24, 2.45) is 0 Å². The van der Waals surface area contributed by atoms with Gasteiger partial charge in [0.2, 0.25) is 0 Å². The van der Waals surface area contributed by atoms with Gasteiger partial charge < -0.3 is 5.32 Å². The number of nitrogens with one attached hydrogen (secondary N) is 1. The van der Waals surface area contributed by atoms with Crippen molar-refractivity contribution in [1.82, 2.24) is 10.2 Å². The van der Waals surface area contributed by atoms with E-state index in [9.17, 15) is 0 Å². The van der Waals surface area contributed by atoms with E-state index in [1.807, 2.05) is 24.5 Å². The quantitative estimate of drug-likeness (QED) is 0.802. The van der Waals surface area contributed by atoms with Gasteiger partial charge in [-0.25, -0.2) is 0 Å². The van der Waals surface area contributed by atoms with E-state index in [1.54, 1.807) is 0 Å². The van der Waals surface area contributed by atoms with Crippen LogP contribution in [-0.2, 0) is 13.1 Å². The lowest BCUT2D eigenvalue weighted by Crippen LogP contribution is -2.18. The molecule has 0 atom stereocenters. The molecule has 2 aromatic rings. The summed E-state index contributed by atoms with van der Waals surface area (Å²) in [5.41, 5.74) is 1.45. The second-order valence-corrected chi connectivity index (χ2v) is 5.65. The van der Waals surface area contributed by atoms with Gasteiger partial charge in [0.25, 0.3) is 0 Å². The summed E-state index contributed by atoms with van der Waals surface area (Å²) < 4.78 is 1.38. The molecular weight excluding hydrogens is 240 g/mol. The van der Waals surface area contributed by atoms with Crippen LogP contribution in [0.3, 0.4) is 0 Å². The molecular formula is C15H20N2S. The molecule has 0 amide bonds. The van der Waals surface area contributed by atoms with Crippen LogP contribution in [0.25, 0.3) is 10.1 Å². The predicted molar refractivity (Wildman–Crippen MR) is 81.1 cm³/mol. The maximum atomic E-state index is 3.80. The minimum atomic E-state index is 0.920. The van der Waals surface area contributed by atoms with E-state index in [-0.39, 0.29) is 0 Å². The van der Waals surface area contributed by atoms with Gasteiger partial charge in [-0.15, -0.1) is 17.9 Å². The van der Waals surface area contributed by atoms with Crippen molar-refractivity contribution >= 4 is 21.4 Å². The van der Waals surface area contributed by atoms with E-state index < -0.39 is 0 Å². The molecule has 2 rings (SSSR count). The number of rotatable bonds is 6. The summed E-state index contributed by atoms with van der Waals surface area (Å²) in [6.07, 6.45) is 1.95. The maximum Gasteiger partial charge on any atom is 0.0349 e. The number of likely N-dealkylation sites (N-methyl/N-ethyl adjacent to an activating group) is 1. The Morgan fingerprint density at radius 1 is 1.39 bits per heavy atom. The first-order valence-electron chi connectivity index (χ1n) is 6.19. The van der Waals surface area contributed by atoms with Crippen molar-refractivity contribution in [3.63, 3.8) is 0 Å². The highest BCUT2D eigenvalue weighted by atomic mass is 32.1. The largest absolute Gasteiger partial charge is 0.315 e. The first-order chi connectivity index (χ1) is 8.76. The fourth-order valence-corrected chi connectivity index (χ4v) is 3.41. The molecule has 1 aromatic heterocycles. The Labute approximate surface area is 113 Å². The van der Waals surface area contributed by atoms with E-state index in [0.29, 0.717) is 0 Å². The van der Waals surface area contributed by atoms with Crippen molar-refractivity contribution < 1.29 is 0 Å². The topological polar surface area (TPSA) is 15.3 Å². The second kappa shape index (κ2) is 6.14. The molecule has 0 aliphatic rings. The Morgan fingerprint density at radius 3 is 2.89 bits per heavy atom. The molecule has 0 spiro atoms. The SMILES string of the molecule is C=CCN(C)Cc1c(CNC)sc2ccccc12. The smallest absolute Gasteiger partial charge is 0.0349 e. The van der Waals surface area contributed by atoms with Crippen LogP contribution in [0, 0.1) is 0 Å². The van der Waals surface area contributed by atoms with Gasteiger partial charge in [0.1, 0.15) is 0 Å². The fourth-order valence-electron chi connectivity index (χ4n) is 2.18. The molecule has 0 unspecified atom stereocenters. The van der Waals surface area contributed by atoms with Gasteiger partial charge in [-0.2, -0.15) is 0 Å². The normalized spacial score (nSPS) is 11.3. The Morgan fingerprint density at radius 2 is 2.17 bits per heavy atom. The van der Waals surface area contributed by atoms with E-state index in [1.165, 1.54) is 20.5 Å². The van der Waals surface area contributed by atoms with Gasteiger partial charge in [0.15, 0.2) is 0 Å². The molecule has 0 saturated carbocycles. The number of benzene rings is 1. The maximum absolute atomic E-state index is 3.80. The van der Waals surface area contributed by atoms with Crippen LogP contribution in [0.2, 0.25) is 0 Å². The zero-order valence-electron chi connectivity index (χ0n) is 11.1. The lowest BCUT2D eigenvalue weighted by Gasteiger charge is -2.15. The highest BCUT2D eigenvalue weighted by Gasteiger charge is 2.12. The molecule has 2 nitrogen and oxygen atoms in total. The predicted octanol–water partition coefficient (Wildman–Crippen LogP) is 3.24. The summed E-state index contributed by atoms with van der Waals surface area (Å²) in [5.74, 6) is 0. The highest BCUT2D eigenvalue weighted by Crippen LogP contribution is 2.32. The monoisotopic (exact) mass is 260 g/mol. The van der Waals surface area contributed by atoms with Crippen LogP contribution in [-0.4, -0.2) is 25.5 Å². The van der Waals surface area contributed by atoms with Crippen LogP contribution in [0.5, 0.6) is 0 Å². The van der Waals surface area contributed by atoms with Crippen LogP contribution in [0.1, 0.15) is 10.4 Å². The van der Waals surface area contributed by atoms with Gasteiger partial charge in [-0.1, -0.05) is 24.3 Å². The Kier molecular flexibility index (Phi) is 4.53. The van der Waals surface area contributed by atoms with Crippen molar-refractivity contribution in [3.8, 4) is 0 Å². The molecule has 0 bridgehead atoms. The fraction of sp³-hybridized carbons (Fsp3) is 0.333. The Balaban J connectivity index is 2.38. The van der Waals surface area contributed by atoms with Crippen LogP contribution in [0.15, 0.2) is 36.9 Å². The van der Waals surface area contributed by atoms with Gasteiger partial charge >= 0.3 is 0 Å². The summed E-state index contributed by atoms with van der Waals surface area (Å²) in [5, 5.41) is 4.65. The van der Waals surface area contributed by atoms with Crippen LogP contribution >= 0.6 is 11.3 Å². The molecule has 0 radical (unpaired) electrons. The minimum absolute atomic E-state index is 0.920. The number of nitrogens with zero attached hydrogens (tertiary/aromatic N) is 1. The van der Waals surface area contributed by atoms with E-state index in [2.05, 4.69) is 48.1 Å². The van der Waals surface area contributed by atoms with Crippen molar-refractivity contribution in [2.45, 2.75) is 13.1 Å². The first-order valence-corrected chi connectivity index (χ1v) is 7.01. The minimum Gasteiger partial charge on any atom is -0.315 e. The van der Waals surface area contributed by atoms with Crippen LogP contribution in [0.4, 0.5) is 0 Å². The highest BCUT2D eigenvalue weighted by molar-refractivity contribution is 7.19. The molecule has 96 valence electrons. The zero-order valence-corrected chi connectivity index (χ0v) is 11.9. The number of thiophene rings is 1. The molecule has 3 heteroatoms. The summed E-state index contributed by atoms with van der Waals surface area (Å²) in [7, 11) is 4.14. The van der Waals surface area contributed by atoms with Gasteiger partial charge in [0, 0.05) is 29.2 Å². The summed E-state index contributed by atoms with van der Waals surface area (Å²) in [6, 6.07) is 8.66. The average Bonchev–Trinajstić information content (AvgIpc) is 2.69. The van der Waals surface area contributed by atoms with E-state index in [0.717, 1.165) is 19.6 Å². The standard InChI is InChI=1S/C15H20N2S/c1-4-9-17(3)11-13-12-7-5-6-8-14(12)18-15(13)10-16-2/h4-8,16H,1,9-11H2,2-3H3. The van der Waals surface area contributed by atoms with Crippen molar-refractivity contribution in [3.05, 3.63) is 47.4 Å². The molecule has 0 fully saturated rings. The van der Waals surface area contributed by atoms with Gasteiger partial charge in [0.05, 0.1) is 0 Å². The van der Waals surface area contributed by atoms with Gasteiger partial charge in [-0.3, -0.25) is 4.90 Å². The lowest BCUT2D eigenvalue weighted by atomic mass is 10.1. The molecule has 0 aliphatic heterocycles. The molecule has 0 saturated heterocycles. The molecule has 1 heterocycles. The van der Waals surface area contributed by atoms with Crippen molar-refractivity contribution in [1.29, 1.82) is 0 Å². The summed E-state index contributed by atoms with van der Waals surface area (Å²) in [4.78, 5) is 3.73. The number of hydrogen-bond donors (Lipinski definition) is 1. The molecule has 0 aliphatic carbocycles. The Bertz CT molecular complexity index is 530. The molecule has 1 N–H and O–H groups in total. The summed E-state index contributed by atoms with van der Waals surface area (Å²) in [6.45, 7) is 6.64. The molecule has 18 heavy (non-hydrogen) atoms. The third-order valence-electron chi connectivity index (χ3n) is 2.99. The third-order valence-corrected chi connectivity index (χ3v) is 4.20. The van der Waals surface area contributed by atoms with E-state index >= 15 is 0 Å². The zero-order chi connectivity index (χ0) is 13.0. The number of hydrogen-bond acceptors (Lipinski definition) is 3. The van der Waals surface area contributed by atoms with E-state index in [4.69, 9.17) is 0 Å². The van der Waals surface area contributed by atoms with Crippen molar-refractivity contribution in [2.75, 3.05) is 20.6 Å². The third kappa shape index (κ3) is 2.80. The molecule has 1 aromatic carbocycles. The average molecular weight is 260 g/mol. The lowest BCUT2D eigenvalue weighted by molar-refractivity contribution is 0.364. The van der Waals surface area contributed by atoms with Gasteiger partial charge in [-0.05, 0) is 31.1 Å². The number of fused-ring (bicyclic) bond motifs is 1. The first kappa shape index (κ1) is 13.3.